The number of nitrogens with zero attached hydrogens (tertiary/aromatic N) is 4. The fraction of sp³-hybridized carbons (Fsp3) is 0.263. The van der Waals surface area contributed by atoms with Gasteiger partial charge in [0.25, 0.3) is 0 Å². The summed E-state index contributed by atoms with van der Waals surface area (Å²) in [6.07, 6.45) is 0.334. The van der Waals surface area contributed by atoms with E-state index in [9.17, 15) is 17.2 Å². The molecule has 0 atom stereocenters. The Morgan fingerprint density at radius 3 is 2.38 bits per heavy atom. The van der Waals surface area contributed by atoms with Crippen molar-refractivity contribution in [1.82, 2.24) is 14.4 Å². The predicted molar refractivity (Wildman–Crippen MR) is 101 cm³/mol. The topological polar surface area (TPSA) is 79.5 Å². The number of piperazine rings is 1. The standard InChI is InChI=1S/C19H18F2N4O3S/c20-15-4-6-17(7-5-15)29(26,27)25-10-8-24(9-11-25)19-22-18(23-28-19)13-14-2-1-3-16(21)12-14/h1-7,12H,8-11,13H2. The van der Waals surface area contributed by atoms with E-state index in [0.29, 0.717) is 31.3 Å². The summed E-state index contributed by atoms with van der Waals surface area (Å²) in [5, 5.41) is 3.92. The van der Waals surface area contributed by atoms with Gasteiger partial charge in [-0.05, 0) is 42.0 Å². The molecular weight excluding hydrogens is 402 g/mol. The van der Waals surface area contributed by atoms with Gasteiger partial charge < -0.3 is 9.42 Å². The maximum atomic E-state index is 13.3. The molecule has 152 valence electrons. The van der Waals surface area contributed by atoms with Crippen molar-refractivity contribution in [3.05, 3.63) is 71.6 Å². The normalized spacial score (nSPS) is 15.6. The van der Waals surface area contributed by atoms with Gasteiger partial charge in [0.15, 0.2) is 5.82 Å². The van der Waals surface area contributed by atoms with Crippen molar-refractivity contribution in [2.24, 2.45) is 0 Å². The van der Waals surface area contributed by atoms with Crippen molar-refractivity contribution in [2.75, 3.05) is 31.1 Å². The number of benzene rings is 2. The van der Waals surface area contributed by atoms with Crippen molar-refractivity contribution < 1.29 is 21.7 Å². The number of halogens is 2. The smallest absolute Gasteiger partial charge is 0.322 e. The van der Waals surface area contributed by atoms with Crippen LogP contribution >= 0.6 is 0 Å². The molecule has 0 bridgehead atoms. The highest BCUT2D eigenvalue weighted by Crippen LogP contribution is 2.21. The van der Waals surface area contributed by atoms with Crippen molar-refractivity contribution in [3.8, 4) is 0 Å². The number of hydrogen-bond acceptors (Lipinski definition) is 6. The fourth-order valence-electron chi connectivity index (χ4n) is 3.15. The third-order valence-electron chi connectivity index (χ3n) is 4.67. The molecule has 1 aliphatic heterocycles. The highest BCUT2D eigenvalue weighted by Gasteiger charge is 2.30. The summed E-state index contributed by atoms with van der Waals surface area (Å²) in [5.41, 5.74) is 0.729. The van der Waals surface area contributed by atoms with E-state index in [0.717, 1.165) is 17.7 Å². The van der Waals surface area contributed by atoms with E-state index < -0.39 is 15.8 Å². The van der Waals surface area contributed by atoms with E-state index in [1.807, 2.05) is 0 Å². The highest BCUT2D eigenvalue weighted by atomic mass is 32.2. The monoisotopic (exact) mass is 420 g/mol. The van der Waals surface area contributed by atoms with E-state index >= 15 is 0 Å². The molecule has 2 heterocycles. The predicted octanol–water partition coefficient (Wildman–Crippen LogP) is 2.45. The second-order valence-corrected chi connectivity index (χ2v) is 8.58. The fourth-order valence-corrected chi connectivity index (χ4v) is 4.57. The molecule has 0 amide bonds. The Bertz CT molecular complexity index is 1090. The van der Waals surface area contributed by atoms with E-state index in [-0.39, 0.29) is 23.8 Å². The van der Waals surface area contributed by atoms with E-state index in [4.69, 9.17) is 4.52 Å². The van der Waals surface area contributed by atoms with Gasteiger partial charge in [-0.2, -0.15) is 9.29 Å². The number of hydrogen-bond donors (Lipinski definition) is 0. The van der Waals surface area contributed by atoms with Crippen LogP contribution in [-0.4, -0.2) is 49.0 Å². The molecule has 1 aliphatic rings. The van der Waals surface area contributed by atoms with Crippen LogP contribution in [0.1, 0.15) is 11.4 Å². The summed E-state index contributed by atoms with van der Waals surface area (Å²) < 4.78 is 58.3. The summed E-state index contributed by atoms with van der Waals surface area (Å²) in [5.74, 6) is -0.393. The van der Waals surface area contributed by atoms with Crippen LogP contribution in [0.15, 0.2) is 57.9 Å². The molecule has 2 aromatic carbocycles. The molecule has 10 heteroatoms. The van der Waals surface area contributed by atoms with Crippen LogP contribution in [0.4, 0.5) is 14.8 Å². The van der Waals surface area contributed by atoms with Crippen molar-refractivity contribution in [1.29, 1.82) is 0 Å². The van der Waals surface area contributed by atoms with E-state index in [1.54, 1.807) is 17.0 Å². The van der Waals surface area contributed by atoms with Crippen LogP contribution in [0.2, 0.25) is 0 Å². The second kappa shape index (κ2) is 7.88. The van der Waals surface area contributed by atoms with Crippen LogP contribution in [0, 0.1) is 11.6 Å². The summed E-state index contributed by atoms with van der Waals surface area (Å²) in [6, 6.07) is 11.2. The third kappa shape index (κ3) is 4.28. The third-order valence-corrected chi connectivity index (χ3v) is 6.58. The van der Waals surface area contributed by atoms with Gasteiger partial charge in [-0.15, -0.1) is 0 Å². The average Bonchev–Trinajstić information content (AvgIpc) is 3.17. The highest BCUT2D eigenvalue weighted by molar-refractivity contribution is 7.89. The first-order chi connectivity index (χ1) is 13.9. The number of aromatic nitrogens is 2. The molecule has 29 heavy (non-hydrogen) atoms. The maximum absolute atomic E-state index is 13.3. The molecule has 0 spiro atoms. The molecule has 0 radical (unpaired) electrons. The molecule has 7 nitrogen and oxygen atoms in total. The quantitative estimate of drug-likeness (QED) is 0.631. The summed E-state index contributed by atoms with van der Waals surface area (Å²) in [6.45, 7) is 1.23. The lowest BCUT2D eigenvalue weighted by molar-refractivity contribution is 0.353. The second-order valence-electron chi connectivity index (χ2n) is 6.64. The number of rotatable bonds is 5. The first kappa shape index (κ1) is 19.5. The lowest BCUT2D eigenvalue weighted by Gasteiger charge is -2.32. The minimum atomic E-state index is -3.69. The molecule has 1 saturated heterocycles. The number of anilines is 1. The summed E-state index contributed by atoms with van der Waals surface area (Å²) in [7, 11) is -3.69. The molecule has 0 saturated carbocycles. The largest absolute Gasteiger partial charge is 0.324 e. The molecule has 1 fully saturated rings. The lowest BCUT2D eigenvalue weighted by atomic mass is 10.1. The van der Waals surface area contributed by atoms with Crippen molar-refractivity contribution >= 4 is 16.0 Å². The average molecular weight is 420 g/mol. The maximum Gasteiger partial charge on any atom is 0.324 e. The van der Waals surface area contributed by atoms with Gasteiger partial charge in [0.05, 0.1) is 4.90 Å². The van der Waals surface area contributed by atoms with Gasteiger partial charge in [0, 0.05) is 32.6 Å². The van der Waals surface area contributed by atoms with Crippen molar-refractivity contribution in [2.45, 2.75) is 11.3 Å². The molecule has 0 aliphatic carbocycles. The van der Waals surface area contributed by atoms with E-state index in [2.05, 4.69) is 10.1 Å². The van der Waals surface area contributed by atoms with Gasteiger partial charge >= 0.3 is 6.01 Å². The van der Waals surface area contributed by atoms with Gasteiger partial charge in [-0.25, -0.2) is 17.2 Å². The minimum Gasteiger partial charge on any atom is -0.322 e. The molecule has 4 rings (SSSR count). The Hall–Kier alpha value is -2.85. The Morgan fingerprint density at radius 1 is 0.966 bits per heavy atom. The molecule has 0 N–H and O–H groups in total. The van der Waals surface area contributed by atoms with Crippen LogP contribution in [-0.2, 0) is 16.4 Å². The van der Waals surface area contributed by atoms with Gasteiger partial charge in [0.1, 0.15) is 11.6 Å². The summed E-state index contributed by atoms with van der Waals surface area (Å²) in [4.78, 5) is 6.19. The van der Waals surface area contributed by atoms with Gasteiger partial charge in [-0.1, -0.05) is 17.3 Å². The summed E-state index contributed by atoms with van der Waals surface area (Å²) >= 11 is 0. The Morgan fingerprint density at radius 2 is 1.69 bits per heavy atom. The first-order valence-corrected chi connectivity index (χ1v) is 10.4. The Balaban J connectivity index is 1.40. The van der Waals surface area contributed by atoms with Crippen LogP contribution in [0.5, 0.6) is 0 Å². The first-order valence-electron chi connectivity index (χ1n) is 8.99. The zero-order valence-electron chi connectivity index (χ0n) is 15.3. The Kier molecular flexibility index (Phi) is 5.29. The minimum absolute atomic E-state index is 0.0579. The van der Waals surface area contributed by atoms with Crippen LogP contribution in [0.25, 0.3) is 0 Å². The van der Waals surface area contributed by atoms with Gasteiger partial charge in [0.2, 0.25) is 10.0 Å². The van der Waals surface area contributed by atoms with Crippen LogP contribution < -0.4 is 4.90 Å². The molecule has 3 aromatic rings. The molecule has 1 aromatic heterocycles. The Labute approximate surface area is 166 Å². The zero-order chi connectivity index (χ0) is 20.4. The molecular formula is C19H18F2N4O3S. The lowest BCUT2D eigenvalue weighted by Crippen LogP contribution is -2.48. The van der Waals surface area contributed by atoms with Crippen molar-refractivity contribution in [3.63, 3.8) is 0 Å². The van der Waals surface area contributed by atoms with Gasteiger partial charge in [-0.3, -0.25) is 0 Å². The van der Waals surface area contributed by atoms with Crippen LogP contribution in [0.3, 0.4) is 0 Å². The number of sulfonamides is 1. The molecule has 0 unspecified atom stereocenters. The van der Waals surface area contributed by atoms with E-state index in [1.165, 1.54) is 28.6 Å². The zero-order valence-corrected chi connectivity index (χ0v) is 16.1. The SMILES string of the molecule is O=S(=O)(c1ccc(F)cc1)N1CCN(c2nc(Cc3cccc(F)c3)no2)CC1.